The number of benzene rings is 1. The minimum absolute atomic E-state index is 0. The highest BCUT2D eigenvalue weighted by atomic mass is 35.5. The highest BCUT2D eigenvalue weighted by molar-refractivity contribution is 5.85. The molecule has 2 rings (SSSR count). The number of nitrogens with zero attached hydrogens (tertiary/aromatic N) is 1. The molecule has 1 aliphatic rings. The fourth-order valence-corrected chi connectivity index (χ4v) is 2.77. The molecule has 6 heteroatoms. The van der Waals surface area contributed by atoms with Crippen molar-refractivity contribution in [3.8, 4) is 5.75 Å². The molecule has 1 aromatic rings. The summed E-state index contributed by atoms with van der Waals surface area (Å²) in [5.74, 6) is 0.0533. The molecule has 1 atom stereocenters. The number of hydrogen-bond donors (Lipinski definition) is 2. The molecule has 1 saturated carbocycles. The van der Waals surface area contributed by atoms with E-state index in [1.54, 1.807) is 19.1 Å². The van der Waals surface area contributed by atoms with Crippen LogP contribution in [0.15, 0.2) is 12.1 Å². The Morgan fingerprint density at radius 2 is 2.00 bits per heavy atom. The fourth-order valence-electron chi connectivity index (χ4n) is 2.77. The Kier molecular flexibility index (Phi) is 5.14. The summed E-state index contributed by atoms with van der Waals surface area (Å²) in [6, 6.07) is 3.05. The van der Waals surface area contributed by atoms with Gasteiger partial charge < -0.3 is 10.8 Å². The molecular formula is C13H19ClN2O3. The first kappa shape index (κ1) is 15.7. The molecule has 1 fully saturated rings. The largest absolute Gasteiger partial charge is 0.502 e. The second-order valence-electron chi connectivity index (χ2n) is 5.00. The maximum atomic E-state index is 10.9. The summed E-state index contributed by atoms with van der Waals surface area (Å²) in [5.41, 5.74) is 6.87. The van der Waals surface area contributed by atoms with Crippen molar-refractivity contribution in [2.75, 3.05) is 0 Å². The molecule has 0 aliphatic heterocycles. The summed E-state index contributed by atoms with van der Waals surface area (Å²) in [4.78, 5) is 10.4. The Balaban J connectivity index is 0.00000180. The molecule has 1 aliphatic carbocycles. The molecule has 0 amide bonds. The predicted octanol–water partition coefficient (Wildman–Crippen LogP) is 3.22. The topological polar surface area (TPSA) is 89.4 Å². The number of phenolic OH excluding ortho intramolecular Hbond substituents is 1. The van der Waals surface area contributed by atoms with E-state index in [1.165, 1.54) is 0 Å². The van der Waals surface area contributed by atoms with Crippen LogP contribution in [0.25, 0.3) is 0 Å². The van der Waals surface area contributed by atoms with E-state index in [2.05, 4.69) is 0 Å². The molecule has 1 aromatic carbocycles. The van der Waals surface area contributed by atoms with Gasteiger partial charge in [-0.05, 0) is 25.7 Å². The number of nitrogens with two attached hydrogens (primary N) is 1. The first-order chi connectivity index (χ1) is 8.52. The van der Waals surface area contributed by atoms with Crippen molar-refractivity contribution in [2.45, 2.75) is 38.6 Å². The van der Waals surface area contributed by atoms with Crippen LogP contribution in [0.4, 0.5) is 5.69 Å². The summed E-state index contributed by atoms with van der Waals surface area (Å²) in [5, 5.41) is 21.0. The van der Waals surface area contributed by atoms with Crippen LogP contribution in [0.2, 0.25) is 0 Å². The van der Waals surface area contributed by atoms with Crippen LogP contribution in [0.1, 0.15) is 42.9 Å². The Hall–Kier alpha value is -1.33. The van der Waals surface area contributed by atoms with Crippen molar-refractivity contribution in [1.29, 1.82) is 0 Å². The monoisotopic (exact) mass is 286 g/mol. The first-order valence-electron chi connectivity index (χ1n) is 6.24. The Morgan fingerprint density at radius 1 is 1.42 bits per heavy atom. The zero-order valence-corrected chi connectivity index (χ0v) is 11.7. The van der Waals surface area contributed by atoms with Gasteiger partial charge >= 0.3 is 5.69 Å². The molecular weight excluding hydrogens is 268 g/mol. The van der Waals surface area contributed by atoms with Gasteiger partial charge in [0.05, 0.1) is 4.92 Å². The van der Waals surface area contributed by atoms with E-state index in [4.69, 9.17) is 5.73 Å². The van der Waals surface area contributed by atoms with Gasteiger partial charge in [-0.2, -0.15) is 0 Å². The van der Waals surface area contributed by atoms with Crippen LogP contribution < -0.4 is 5.73 Å². The number of aromatic hydroxyl groups is 1. The lowest BCUT2D eigenvalue weighted by Crippen LogP contribution is -2.19. The van der Waals surface area contributed by atoms with Gasteiger partial charge in [0, 0.05) is 17.2 Å². The van der Waals surface area contributed by atoms with Gasteiger partial charge in [-0.3, -0.25) is 10.1 Å². The Morgan fingerprint density at radius 3 is 2.53 bits per heavy atom. The standard InChI is InChI=1S/C13H18N2O3.ClH/c1-8-6-7-10(13(16)12(8)15(17)18)11(14)9-4-2-3-5-9;/h6-7,9,11,16H,2-5,14H2,1H3;1H/t11-;/m1./s1. The van der Waals surface area contributed by atoms with Gasteiger partial charge in [0.2, 0.25) is 0 Å². The van der Waals surface area contributed by atoms with E-state index >= 15 is 0 Å². The Labute approximate surface area is 118 Å². The second kappa shape index (κ2) is 6.21. The SMILES string of the molecule is Cc1ccc([C@H](N)C2CCCC2)c(O)c1[N+](=O)[O-].Cl. The normalized spacial score (nSPS) is 16.9. The average Bonchev–Trinajstić information content (AvgIpc) is 2.81. The average molecular weight is 287 g/mol. The van der Waals surface area contributed by atoms with Gasteiger partial charge in [-0.1, -0.05) is 25.0 Å². The first-order valence-corrected chi connectivity index (χ1v) is 6.24. The molecule has 0 heterocycles. The van der Waals surface area contributed by atoms with Crippen molar-refractivity contribution in [3.63, 3.8) is 0 Å². The predicted molar refractivity (Wildman–Crippen MR) is 75.6 cm³/mol. The van der Waals surface area contributed by atoms with Gasteiger partial charge in [0.25, 0.3) is 0 Å². The molecule has 0 spiro atoms. The maximum Gasteiger partial charge on any atom is 0.313 e. The molecule has 0 saturated heterocycles. The molecule has 0 bridgehead atoms. The lowest BCUT2D eigenvalue weighted by molar-refractivity contribution is -0.386. The van der Waals surface area contributed by atoms with Crippen LogP contribution in [-0.2, 0) is 0 Å². The third-order valence-electron chi connectivity index (χ3n) is 3.83. The van der Waals surface area contributed by atoms with Crippen LogP contribution in [0, 0.1) is 23.0 Å². The number of halogens is 1. The molecule has 0 unspecified atom stereocenters. The van der Waals surface area contributed by atoms with Crippen LogP contribution >= 0.6 is 12.4 Å². The van der Waals surface area contributed by atoms with E-state index in [0.717, 1.165) is 25.7 Å². The van der Waals surface area contributed by atoms with Crippen LogP contribution in [0.3, 0.4) is 0 Å². The molecule has 106 valence electrons. The van der Waals surface area contributed by atoms with Crippen molar-refractivity contribution >= 4 is 18.1 Å². The lowest BCUT2D eigenvalue weighted by Gasteiger charge is -2.20. The van der Waals surface area contributed by atoms with E-state index in [9.17, 15) is 15.2 Å². The second-order valence-corrected chi connectivity index (χ2v) is 5.00. The van der Waals surface area contributed by atoms with Crippen molar-refractivity contribution < 1.29 is 10.0 Å². The summed E-state index contributed by atoms with van der Waals surface area (Å²) < 4.78 is 0. The zero-order chi connectivity index (χ0) is 13.3. The van der Waals surface area contributed by atoms with Crippen molar-refractivity contribution in [3.05, 3.63) is 33.4 Å². The quantitative estimate of drug-likeness (QED) is 0.659. The maximum absolute atomic E-state index is 10.9. The number of nitro benzene ring substituents is 1. The number of nitro groups is 1. The summed E-state index contributed by atoms with van der Waals surface area (Å²) in [6.45, 7) is 1.61. The van der Waals surface area contributed by atoms with E-state index < -0.39 is 4.92 Å². The molecule has 5 nitrogen and oxygen atoms in total. The lowest BCUT2D eigenvalue weighted by atomic mass is 9.91. The van der Waals surface area contributed by atoms with Gasteiger partial charge in [0.1, 0.15) is 0 Å². The molecule has 0 radical (unpaired) electrons. The summed E-state index contributed by atoms with van der Waals surface area (Å²) in [6.07, 6.45) is 4.35. The molecule has 0 aromatic heterocycles. The zero-order valence-electron chi connectivity index (χ0n) is 10.8. The van der Waals surface area contributed by atoms with E-state index in [-0.39, 0.29) is 29.9 Å². The van der Waals surface area contributed by atoms with Crippen LogP contribution in [-0.4, -0.2) is 10.0 Å². The summed E-state index contributed by atoms with van der Waals surface area (Å²) in [7, 11) is 0. The molecule has 19 heavy (non-hydrogen) atoms. The third-order valence-corrected chi connectivity index (χ3v) is 3.83. The van der Waals surface area contributed by atoms with Gasteiger partial charge in [-0.25, -0.2) is 0 Å². The van der Waals surface area contributed by atoms with E-state index in [0.29, 0.717) is 17.0 Å². The van der Waals surface area contributed by atoms with Crippen LogP contribution in [0.5, 0.6) is 5.75 Å². The number of rotatable bonds is 3. The summed E-state index contributed by atoms with van der Waals surface area (Å²) >= 11 is 0. The number of phenols is 1. The number of aryl methyl sites for hydroxylation is 1. The third kappa shape index (κ3) is 2.98. The van der Waals surface area contributed by atoms with Crippen molar-refractivity contribution in [2.24, 2.45) is 11.7 Å². The van der Waals surface area contributed by atoms with E-state index in [1.807, 2.05) is 0 Å². The smallest absolute Gasteiger partial charge is 0.313 e. The van der Waals surface area contributed by atoms with Crippen molar-refractivity contribution in [1.82, 2.24) is 0 Å². The highest BCUT2D eigenvalue weighted by Crippen LogP contribution is 2.41. The highest BCUT2D eigenvalue weighted by Gasteiger charge is 2.29. The number of hydrogen-bond acceptors (Lipinski definition) is 4. The van der Waals surface area contributed by atoms with Gasteiger partial charge in [0.15, 0.2) is 5.75 Å². The minimum Gasteiger partial charge on any atom is -0.502 e. The Bertz CT molecular complexity index is 473. The minimum atomic E-state index is -0.546. The molecule has 3 N–H and O–H groups in total. The fraction of sp³-hybridized carbons (Fsp3) is 0.538. The van der Waals surface area contributed by atoms with Gasteiger partial charge in [-0.15, -0.1) is 12.4 Å².